The van der Waals surface area contributed by atoms with Gasteiger partial charge in [0.25, 0.3) is 0 Å². The summed E-state index contributed by atoms with van der Waals surface area (Å²) in [4.78, 5) is 4.47. The molecule has 3 aromatic heterocycles. The minimum absolute atomic E-state index is 0. The fourth-order valence-electron chi connectivity index (χ4n) is 4.22. The number of fused-ring (bicyclic) bond motifs is 2. The molecule has 0 saturated carbocycles. The minimum atomic E-state index is 0. The molecule has 1 aromatic carbocycles. The van der Waals surface area contributed by atoms with Crippen LogP contribution in [-0.2, 0) is 6.54 Å². The number of piperidine rings is 1. The summed E-state index contributed by atoms with van der Waals surface area (Å²) in [5.74, 6) is 2.10. The lowest BCUT2D eigenvalue weighted by atomic mass is 9.95. The number of para-hydroxylation sites is 1. The summed E-state index contributed by atoms with van der Waals surface area (Å²) in [6.07, 6.45) is 7.79. The van der Waals surface area contributed by atoms with Crippen LogP contribution in [-0.4, -0.2) is 22.6 Å². The standard InChI is InChI=1S/C22H24N4O.ClH/c23-22-21(20-13-16-3-1-2-4-19(16)27-20)17-8-12-26(18(17)14-25-22)11-7-15-5-9-24-10-6-15;/h1-4,8,12-15,24H,5-7,9-11H2,(H2,23,25);1H. The molecule has 0 unspecified atom stereocenters. The van der Waals surface area contributed by atoms with E-state index < -0.39 is 0 Å². The van der Waals surface area contributed by atoms with Crippen molar-refractivity contribution in [3.05, 3.63) is 48.8 Å². The third-order valence-corrected chi connectivity index (χ3v) is 5.77. The molecule has 4 heterocycles. The average Bonchev–Trinajstić information content (AvgIpc) is 3.31. The van der Waals surface area contributed by atoms with Crippen LogP contribution in [0.3, 0.4) is 0 Å². The van der Waals surface area contributed by atoms with Crippen LogP contribution in [0.5, 0.6) is 0 Å². The van der Waals surface area contributed by atoms with Crippen LogP contribution in [0.25, 0.3) is 33.2 Å². The summed E-state index contributed by atoms with van der Waals surface area (Å²) in [6.45, 7) is 3.30. The molecular formula is C22H25ClN4O. The van der Waals surface area contributed by atoms with Gasteiger partial charge in [-0.1, -0.05) is 18.2 Å². The zero-order valence-corrected chi connectivity index (χ0v) is 16.5. The van der Waals surface area contributed by atoms with Crippen molar-refractivity contribution in [2.75, 3.05) is 18.8 Å². The van der Waals surface area contributed by atoms with E-state index in [2.05, 4.69) is 39.3 Å². The Morgan fingerprint density at radius 1 is 1.18 bits per heavy atom. The van der Waals surface area contributed by atoms with Crippen LogP contribution in [0, 0.1) is 5.92 Å². The molecule has 1 aliphatic rings. The summed E-state index contributed by atoms with van der Waals surface area (Å²) < 4.78 is 8.37. The number of nitrogens with two attached hydrogens (primary N) is 1. The number of benzene rings is 1. The van der Waals surface area contributed by atoms with Gasteiger partial charge in [-0.15, -0.1) is 12.4 Å². The molecule has 1 fully saturated rings. The van der Waals surface area contributed by atoms with Gasteiger partial charge in [-0.2, -0.15) is 0 Å². The van der Waals surface area contributed by atoms with Gasteiger partial charge >= 0.3 is 0 Å². The van der Waals surface area contributed by atoms with E-state index in [0.29, 0.717) is 5.82 Å². The van der Waals surface area contributed by atoms with E-state index in [1.54, 1.807) is 0 Å². The number of anilines is 1. The second-order valence-corrected chi connectivity index (χ2v) is 7.46. The van der Waals surface area contributed by atoms with Crippen LogP contribution < -0.4 is 11.1 Å². The number of nitrogens with one attached hydrogen (secondary N) is 1. The number of nitrogens with zero attached hydrogens (tertiary/aromatic N) is 2. The van der Waals surface area contributed by atoms with Gasteiger partial charge in [0.1, 0.15) is 17.2 Å². The number of halogens is 1. The highest BCUT2D eigenvalue weighted by atomic mass is 35.5. The van der Waals surface area contributed by atoms with Crippen molar-refractivity contribution in [1.82, 2.24) is 14.9 Å². The molecule has 3 N–H and O–H groups in total. The third kappa shape index (κ3) is 3.36. The molecule has 1 aliphatic heterocycles. The van der Waals surface area contributed by atoms with Gasteiger partial charge in [0.05, 0.1) is 17.3 Å². The monoisotopic (exact) mass is 396 g/mol. The zero-order valence-electron chi connectivity index (χ0n) is 15.7. The Bertz CT molecular complexity index is 1060. The molecule has 0 spiro atoms. The van der Waals surface area contributed by atoms with Crippen molar-refractivity contribution in [3.63, 3.8) is 0 Å². The van der Waals surface area contributed by atoms with Crippen molar-refractivity contribution < 1.29 is 4.42 Å². The van der Waals surface area contributed by atoms with Crippen molar-refractivity contribution in [3.8, 4) is 11.3 Å². The van der Waals surface area contributed by atoms with Gasteiger partial charge in [-0.05, 0) is 56.5 Å². The fraction of sp³-hybridized carbons (Fsp3) is 0.318. The molecule has 5 nitrogen and oxygen atoms in total. The first kappa shape index (κ1) is 18.8. The second kappa shape index (κ2) is 7.86. The van der Waals surface area contributed by atoms with E-state index >= 15 is 0 Å². The highest BCUT2D eigenvalue weighted by molar-refractivity contribution is 6.00. The highest BCUT2D eigenvalue weighted by Crippen LogP contribution is 2.36. The topological polar surface area (TPSA) is 69.0 Å². The van der Waals surface area contributed by atoms with Gasteiger partial charge in [-0.25, -0.2) is 4.98 Å². The van der Waals surface area contributed by atoms with Gasteiger partial charge in [0.2, 0.25) is 0 Å². The molecule has 5 rings (SSSR count). The molecule has 1 saturated heterocycles. The molecule has 0 amide bonds. The van der Waals surface area contributed by atoms with Crippen LogP contribution in [0.15, 0.2) is 53.2 Å². The highest BCUT2D eigenvalue weighted by Gasteiger charge is 2.17. The molecule has 0 aliphatic carbocycles. The Kier molecular flexibility index (Phi) is 5.29. The van der Waals surface area contributed by atoms with Crippen molar-refractivity contribution in [1.29, 1.82) is 0 Å². The van der Waals surface area contributed by atoms with Gasteiger partial charge in [-0.3, -0.25) is 0 Å². The summed E-state index contributed by atoms with van der Waals surface area (Å²) in [5.41, 5.74) is 9.13. The minimum Gasteiger partial charge on any atom is -0.456 e. The summed E-state index contributed by atoms with van der Waals surface area (Å²) in [7, 11) is 0. The van der Waals surface area contributed by atoms with E-state index in [1.807, 2.05) is 24.4 Å². The number of aryl methyl sites for hydroxylation is 1. The van der Waals surface area contributed by atoms with Crippen LogP contribution in [0.2, 0.25) is 0 Å². The average molecular weight is 397 g/mol. The van der Waals surface area contributed by atoms with Gasteiger partial charge < -0.3 is 20.0 Å². The first-order valence-corrected chi connectivity index (χ1v) is 9.72. The van der Waals surface area contributed by atoms with E-state index in [0.717, 1.165) is 58.7 Å². The molecule has 0 radical (unpaired) electrons. The summed E-state index contributed by atoms with van der Waals surface area (Å²) in [5, 5.41) is 5.62. The number of pyridine rings is 1. The lowest BCUT2D eigenvalue weighted by molar-refractivity contribution is 0.339. The summed E-state index contributed by atoms with van der Waals surface area (Å²) >= 11 is 0. The number of rotatable bonds is 4. The predicted molar refractivity (Wildman–Crippen MR) is 117 cm³/mol. The van der Waals surface area contributed by atoms with E-state index in [-0.39, 0.29) is 12.4 Å². The molecule has 146 valence electrons. The fourth-order valence-corrected chi connectivity index (χ4v) is 4.22. The third-order valence-electron chi connectivity index (χ3n) is 5.77. The summed E-state index contributed by atoms with van der Waals surface area (Å²) in [6, 6.07) is 12.2. The van der Waals surface area contributed by atoms with E-state index in [4.69, 9.17) is 10.2 Å². The molecule has 0 bridgehead atoms. The van der Waals surface area contributed by atoms with Crippen molar-refractivity contribution >= 4 is 40.1 Å². The van der Waals surface area contributed by atoms with Crippen LogP contribution in [0.1, 0.15) is 19.3 Å². The molecule has 0 atom stereocenters. The number of furan rings is 1. The molecule has 28 heavy (non-hydrogen) atoms. The first-order chi connectivity index (χ1) is 13.3. The Morgan fingerprint density at radius 2 is 2.00 bits per heavy atom. The smallest absolute Gasteiger partial charge is 0.139 e. The Morgan fingerprint density at radius 3 is 2.82 bits per heavy atom. The first-order valence-electron chi connectivity index (χ1n) is 9.72. The lowest BCUT2D eigenvalue weighted by Gasteiger charge is -2.22. The Labute approximate surface area is 170 Å². The maximum atomic E-state index is 6.25. The molecule has 6 heteroatoms. The quantitative estimate of drug-likeness (QED) is 0.517. The molecular weight excluding hydrogens is 372 g/mol. The van der Waals surface area contributed by atoms with Crippen LogP contribution >= 0.6 is 12.4 Å². The normalized spacial score (nSPS) is 15.1. The second-order valence-electron chi connectivity index (χ2n) is 7.46. The van der Waals surface area contributed by atoms with Gasteiger partial charge in [0.15, 0.2) is 0 Å². The van der Waals surface area contributed by atoms with Crippen molar-refractivity contribution in [2.45, 2.75) is 25.8 Å². The SMILES string of the molecule is Cl.Nc1ncc2c(ccn2CCC2CCNCC2)c1-c1cc2ccccc2o1. The Balaban J connectivity index is 0.00000192. The number of hydrogen-bond donors (Lipinski definition) is 2. The Hall–Kier alpha value is -2.50. The number of hydrogen-bond acceptors (Lipinski definition) is 4. The number of nitrogen functional groups attached to an aromatic ring is 1. The largest absolute Gasteiger partial charge is 0.456 e. The van der Waals surface area contributed by atoms with E-state index in [9.17, 15) is 0 Å². The predicted octanol–water partition coefficient (Wildman–Crippen LogP) is 4.84. The maximum Gasteiger partial charge on any atom is 0.139 e. The van der Waals surface area contributed by atoms with Gasteiger partial charge in [0, 0.05) is 23.5 Å². The maximum absolute atomic E-state index is 6.25. The lowest BCUT2D eigenvalue weighted by Crippen LogP contribution is -2.28. The zero-order chi connectivity index (χ0) is 18.2. The number of aromatic nitrogens is 2. The van der Waals surface area contributed by atoms with Crippen LogP contribution in [0.4, 0.5) is 5.82 Å². The molecule has 4 aromatic rings. The van der Waals surface area contributed by atoms with Crippen molar-refractivity contribution in [2.24, 2.45) is 5.92 Å². The van der Waals surface area contributed by atoms with E-state index in [1.165, 1.54) is 19.3 Å².